The summed E-state index contributed by atoms with van der Waals surface area (Å²) in [5.74, 6) is 0. The van der Waals surface area contributed by atoms with Crippen LogP contribution in [0.1, 0.15) is 50.6 Å². The molecule has 0 fully saturated rings. The smallest absolute Gasteiger partial charge is 0.0895 e. The summed E-state index contributed by atoms with van der Waals surface area (Å²) in [6.45, 7) is 11.2. The summed E-state index contributed by atoms with van der Waals surface area (Å²) in [7, 11) is 0. The Kier molecular flexibility index (Phi) is 2.59. The molecule has 1 aliphatic rings. The molecule has 90 valence electrons. The average Bonchev–Trinajstić information content (AvgIpc) is 2.39. The van der Waals surface area contributed by atoms with Crippen LogP contribution in [0, 0.1) is 0 Å². The lowest BCUT2D eigenvalue weighted by molar-refractivity contribution is 0.246. The van der Waals surface area contributed by atoms with Crippen molar-refractivity contribution in [2.75, 3.05) is 5.73 Å². The van der Waals surface area contributed by atoms with Gasteiger partial charge in [-0.1, -0.05) is 6.92 Å². The van der Waals surface area contributed by atoms with Gasteiger partial charge < -0.3 is 11.1 Å². The second-order valence-corrected chi connectivity index (χ2v) is 6.97. The summed E-state index contributed by atoms with van der Waals surface area (Å²) < 4.78 is 0. The van der Waals surface area contributed by atoms with Crippen molar-refractivity contribution in [3.05, 3.63) is 16.0 Å². The summed E-state index contributed by atoms with van der Waals surface area (Å²) in [5.41, 5.74) is 9.21. The Labute approximate surface area is 102 Å². The SMILES string of the molecule is CCc1c(N)sc2c1CC(C)(C)NC2(C)C. The predicted molar refractivity (Wildman–Crippen MR) is 72.1 cm³/mol. The quantitative estimate of drug-likeness (QED) is 0.789. The number of nitrogen functional groups attached to an aromatic ring is 1. The number of nitrogens with two attached hydrogens (primary N) is 1. The van der Waals surface area contributed by atoms with Crippen LogP contribution in [0.15, 0.2) is 0 Å². The van der Waals surface area contributed by atoms with E-state index in [0.29, 0.717) is 0 Å². The molecular weight excluding hydrogens is 216 g/mol. The van der Waals surface area contributed by atoms with Crippen molar-refractivity contribution in [2.24, 2.45) is 0 Å². The van der Waals surface area contributed by atoms with Gasteiger partial charge in [-0.3, -0.25) is 0 Å². The first-order chi connectivity index (χ1) is 7.27. The van der Waals surface area contributed by atoms with Crippen LogP contribution in [-0.2, 0) is 18.4 Å². The minimum absolute atomic E-state index is 0.0449. The van der Waals surface area contributed by atoms with Crippen molar-refractivity contribution in [3.63, 3.8) is 0 Å². The minimum atomic E-state index is 0.0449. The van der Waals surface area contributed by atoms with Gasteiger partial charge in [-0.15, -0.1) is 11.3 Å². The first kappa shape index (κ1) is 11.9. The fourth-order valence-corrected chi connectivity index (χ4v) is 4.22. The maximum atomic E-state index is 6.13. The molecule has 2 rings (SSSR count). The van der Waals surface area contributed by atoms with E-state index in [1.807, 2.05) is 0 Å². The molecule has 0 saturated carbocycles. The molecule has 1 aromatic rings. The highest BCUT2D eigenvalue weighted by Gasteiger charge is 2.39. The van der Waals surface area contributed by atoms with Crippen molar-refractivity contribution in [3.8, 4) is 0 Å². The summed E-state index contributed by atoms with van der Waals surface area (Å²) in [6, 6.07) is 0. The summed E-state index contributed by atoms with van der Waals surface area (Å²) in [5, 5.41) is 4.72. The lowest BCUT2D eigenvalue weighted by Gasteiger charge is -2.42. The van der Waals surface area contributed by atoms with Gasteiger partial charge in [0.2, 0.25) is 0 Å². The third-order valence-corrected chi connectivity index (χ3v) is 4.77. The Morgan fingerprint density at radius 1 is 1.31 bits per heavy atom. The lowest BCUT2D eigenvalue weighted by atomic mass is 9.81. The first-order valence-electron chi connectivity index (χ1n) is 5.96. The highest BCUT2D eigenvalue weighted by atomic mass is 32.1. The molecule has 0 spiro atoms. The zero-order valence-corrected chi connectivity index (χ0v) is 11.7. The zero-order chi connectivity index (χ0) is 12.1. The van der Waals surface area contributed by atoms with Crippen LogP contribution in [0.4, 0.5) is 5.00 Å². The number of anilines is 1. The highest BCUT2D eigenvalue weighted by molar-refractivity contribution is 7.16. The molecule has 0 aromatic carbocycles. The number of nitrogens with one attached hydrogen (secondary N) is 1. The van der Waals surface area contributed by atoms with E-state index in [2.05, 4.69) is 39.9 Å². The van der Waals surface area contributed by atoms with E-state index < -0.39 is 0 Å². The Hall–Kier alpha value is -0.540. The highest BCUT2D eigenvalue weighted by Crippen LogP contribution is 2.43. The molecule has 1 aliphatic heterocycles. The second kappa shape index (κ2) is 3.47. The maximum absolute atomic E-state index is 6.13. The number of thiophene rings is 1. The summed E-state index contributed by atoms with van der Waals surface area (Å²) >= 11 is 1.76. The van der Waals surface area contributed by atoms with Gasteiger partial charge in [0.25, 0.3) is 0 Å². The molecular formula is C13H22N2S. The average molecular weight is 238 g/mol. The van der Waals surface area contributed by atoms with E-state index in [4.69, 9.17) is 5.73 Å². The van der Waals surface area contributed by atoms with Gasteiger partial charge in [0.05, 0.1) is 5.00 Å². The summed E-state index contributed by atoms with van der Waals surface area (Å²) in [4.78, 5) is 1.43. The molecule has 1 aromatic heterocycles. The first-order valence-corrected chi connectivity index (χ1v) is 6.78. The van der Waals surface area contributed by atoms with Gasteiger partial charge in [0, 0.05) is 16.0 Å². The van der Waals surface area contributed by atoms with E-state index in [1.165, 1.54) is 16.0 Å². The summed E-state index contributed by atoms with van der Waals surface area (Å²) in [6.07, 6.45) is 2.13. The normalized spacial score (nSPS) is 21.8. The Morgan fingerprint density at radius 3 is 2.50 bits per heavy atom. The molecule has 0 unspecified atom stereocenters. The van der Waals surface area contributed by atoms with E-state index in [0.717, 1.165) is 17.8 Å². The van der Waals surface area contributed by atoms with Crippen LogP contribution in [0.5, 0.6) is 0 Å². The van der Waals surface area contributed by atoms with Crippen LogP contribution < -0.4 is 11.1 Å². The van der Waals surface area contributed by atoms with Gasteiger partial charge in [-0.2, -0.15) is 0 Å². The number of hydrogen-bond donors (Lipinski definition) is 2. The number of rotatable bonds is 1. The Morgan fingerprint density at radius 2 is 1.94 bits per heavy atom. The van der Waals surface area contributed by atoms with Crippen LogP contribution in [0.2, 0.25) is 0 Å². The van der Waals surface area contributed by atoms with Crippen LogP contribution >= 0.6 is 11.3 Å². The number of hydrogen-bond acceptors (Lipinski definition) is 3. The topological polar surface area (TPSA) is 38.0 Å². The van der Waals surface area contributed by atoms with Crippen LogP contribution in [-0.4, -0.2) is 5.54 Å². The third kappa shape index (κ3) is 1.76. The zero-order valence-electron chi connectivity index (χ0n) is 10.9. The van der Waals surface area contributed by atoms with Gasteiger partial charge in [-0.05, 0) is 51.7 Å². The molecule has 0 amide bonds. The number of fused-ring (bicyclic) bond motifs is 1. The molecule has 2 nitrogen and oxygen atoms in total. The van der Waals surface area contributed by atoms with E-state index in [-0.39, 0.29) is 11.1 Å². The lowest BCUT2D eigenvalue weighted by Crippen LogP contribution is -2.54. The molecule has 16 heavy (non-hydrogen) atoms. The standard InChI is InChI=1S/C13H22N2S/c1-6-8-9-7-12(2,3)15-13(4,5)10(9)16-11(8)14/h15H,6-7,14H2,1-5H3. The molecule has 0 saturated heterocycles. The van der Waals surface area contributed by atoms with Gasteiger partial charge >= 0.3 is 0 Å². The van der Waals surface area contributed by atoms with E-state index >= 15 is 0 Å². The van der Waals surface area contributed by atoms with E-state index in [9.17, 15) is 0 Å². The van der Waals surface area contributed by atoms with E-state index in [1.54, 1.807) is 11.3 Å². The molecule has 0 atom stereocenters. The van der Waals surface area contributed by atoms with Crippen molar-refractivity contribution in [2.45, 2.75) is 58.5 Å². The monoisotopic (exact) mass is 238 g/mol. The second-order valence-electron chi connectivity index (χ2n) is 5.92. The van der Waals surface area contributed by atoms with Gasteiger partial charge in [0.15, 0.2) is 0 Å². The fraction of sp³-hybridized carbons (Fsp3) is 0.692. The van der Waals surface area contributed by atoms with Gasteiger partial charge in [0.1, 0.15) is 0 Å². The Balaban J connectivity index is 2.60. The molecule has 3 heteroatoms. The largest absolute Gasteiger partial charge is 0.390 e. The Bertz CT molecular complexity index is 416. The van der Waals surface area contributed by atoms with Crippen molar-refractivity contribution in [1.82, 2.24) is 5.32 Å². The van der Waals surface area contributed by atoms with Crippen molar-refractivity contribution in [1.29, 1.82) is 0 Å². The van der Waals surface area contributed by atoms with Gasteiger partial charge in [-0.25, -0.2) is 0 Å². The molecule has 0 bridgehead atoms. The minimum Gasteiger partial charge on any atom is -0.390 e. The van der Waals surface area contributed by atoms with Crippen LogP contribution in [0.3, 0.4) is 0 Å². The predicted octanol–water partition coefficient (Wildman–Crippen LogP) is 3.05. The van der Waals surface area contributed by atoms with Crippen molar-refractivity contribution < 1.29 is 0 Å². The molecule has 2 heterocycles. The molecule has 0 aliphatic carbocycles. The fourth-order valence-electron chi connectivity index (χ4n) is 2.99. The van der Waals surface area contributed by atoms with Crippen LogP contribution in [0.25, 0.3) is 0 Å². The van der Waals surface area contributed by atoms with Crippen molar-refractivity contribution >= 4 is 16.3 Å². The third-order valence-electron chi connectivity index (χ3n) is 3.34. The molecule has 3 N–H and O–H groups in total. The maximum Gasteiger partial charge on any atom is 0.0895 e. The molecule has 0 radical (unpaired) electrons.